The summed E-state index contributed by atoms with van der Waals surface area (Å²) < 4.78 is 33.9. The van der Waals surface area contributed by atoms with Crippen LogP contribution in [-0.4, -0.2) is 73.6 Å². The van der Waals surface area contributed by atoms with Gasteiger partial charge in [-0.05, 0) is 48.7 Å². The second-order valence-electron chi connectivity index (χ2n) is 9.50. The van der Waals surface area contributed by atoms with Crippen LogP contribution in [0.3, 0.4) is 0 Å². The van der Waals surface area contributed by atoms with Crippen LogP contribution in [0.15, 0.2) is 70.3 Å². The molecule has 10 nitrogen and oxygen atoms in total. The molecule has 3 N–H and O–H groups in total. The molecule has 0 saturated heterocycles. The summed E-state index contributed by atoms with van der Waals surface area (Å²) in [5.41, 5.74) is 1.19. The van der Waals surface area contributed by atoms with Gasteiger partial charge in [0.2, 0.25) is 0 Å². The van der Waals surface area contributed by atoms with Crippen LogP contribution in [0.25, 0.3) is 0 Å². The number of carbonyl (C=O) groups is 2. The molecule has 12 heteroatoms. The molecular weight excluding hydrogens is 540 g/mol. The van der Waals surface area contributed by atoms with Crippen molar-refractivity contribution in [3.05, 3.63) is 71.6 Å². The zero-order valence-corrected chi connectivity index (χ0v) is 23.5. The Labute approximate surface area is 232 Å². The van der Waals surface area contributed by atoms with E-state index in [1.54, 1.807) is 65.7 Å². The highest BCUT2D eigenvalue weighted by Crippen LogP contribution is 2.31. The lowest BCUT2D eigenvalue weighted by Crippen LogP contribution is -2.50. The van der Waals surface area contributed by atoms with Crippen LogP contribution in [0.4, 0.5) is 16.2 Å². The summed E-state index contributed by atoms with van der Waals surface area (Å²) in [6, 6.07) is 15.9. The molecule has 1 aliphatic rings. The smallest absolute Gasteiger partial charge is 0.323 e. The van der Waals surface area contributed by atoms with Crippen LogP contribution in [0.5, 0.6) is 5.75 Å². The van der Waals surface area contributed by atoms with E-state index in [0.717, 1.165) is 11.3 Å². The summed E-state index contributed by atoms with van der Waals surface area (Å²) in [6.07, 6.45) is -0.592. The van der Waals surface area contributed by atoms with Crippen LogP contribution in [0, 0.1) is 5.92 Å². The third kappa shape index (κ3) is 6.59. The Balaban J connectivity index is 1.61. The van der Waals surface area contributed by atoms with Crippen molar-refractivity contribution in [3.8, 4) is 5.75 Å². The molecule has 3 atom stereocenters. The monoisotopic (exact) mass is 572 g/mol. The van der Waals surface area contributed by atoms with Gasteiger partial charge >= 0.3 is 6.03 Å². The highest BCUT2D eigenvalue weighted by Gasteiger charge is 2.35. The molecule has 3 amide bonds. The second-order valence-corrected chi connectivity index (χ2v) is 12.7. The minimum absolute atomic E-state index is 0.0514. The van der Waals surface area contributed by atoms with Gasteiger partial charge in [-0.25, -0.2) is 13.2 Å². The van der Waals surface area contributed by atoms with Crippen LogP contribution >= 0.6 is 11.3 Å². The molecule has 3 aromatic rings. The Morgan fingerprint density at radius 3 is 2.54 bits per heavy atom. The lowest BCUT2D eigenvalue weighted by Gasteiger charge is -2.38. The number of aliphatic hydroxyl groups is 1. The van der Waals surface area contributed by atoms with E-state index in [2.05, 4.69) is 10.6 Å². The lowest BCUT2D eigenvalue weighted by atomic mass is 9.99. The van der Waals surface area contributed by atoms with Gasteiger partial charge in [0.05, 0.1) is 24.8 Å². The fourth-order valence-corrected chi connectivity index (χ4v) is 6.63. The summed E-state index contributed by atoms with van der Waals surface area (Å²) in [5.74, 6) is -0.349. The van der Waals surface area contributed by atoms with Gasteiger partial charge in [-0.15, -0.1) is 11.3 Å². The molecule has 1 aromatic heterocycles. The number of carbonyl (C=O) groups excluding carboxylic acids is 2. The second kappa shape index (κ2) is 12.2. The van der Waals surface area contributed by atoms with E-state index < -0.39 is 28.2 Å². The fraction of sp³-hybridized carbons (Fsp3) is 0.333. The third-order valence-corrected chi connectivity index (χ3v) is 9.75. The Hall–Kier alpha value is -3.45. The first-order valence-electron chi connectivity index (χ1n) is 12.5. The van der Waals surface area contributed by atoms with Crippen molar-refractivity contribution < 1.29 is 27.9 Å². The van der Waals surface area contributed by atoms with Crippen LogP contribution in [-0.2, 0) is 10.0 Å². The number of sulfonamides is 1. The molecule has 2 aromatic carbocycles. The highest BCUT2D eigenvalue weighted by molar-refractivity contribution is 7.91. The molecule has 39 heavy (non-hydrogen) atoms. The number of urea groups is 1. The van der Waals surface area contributed by atoms with Gasteiger partial charge in [-0.1, -0.05) is 31.2 Å². The number of thiophene rings is 1. The summed E-state index contributed by atoms with van der Waals surface area (Å²) >= 11 is 1.14. The summed E-state index contributed by atoms with van der Waals surface area (Å²) in [6.45, 7) is 3.67. The van der Waals surface area contributed by atoms with Gasteiger partial charge in [-0.3, -0.25) is 4.79 Å². The van der Waals surface area contributed by atoms with Crippen molar-refractivity contribution in [2.75, 3.05) is 37.4 Å². The highest BCUT2D eigenvalue weighted by atomic mass is 32.2. The van der Waals surface area contributed by atoms with Crippen molar-refractivity contribution in [3.63, 3.8) is 0 Å². The van der Waals surface area contributed by atoms with E-state index in [4.69, 9.17) is 4.74 Å². The third-order valence-electron chi connectivity index (χ3n) is 6.55. The number of anilines is 2. The van der Waals surface area contributed by atoms with Crippen molar-refractivity contribution in [1.29, 1.82) is 0 Å². The molecule has 2 heterocycles. The first kappa shape index (κ1) is 28.6. The number of rotatable bonds is 8. The molecule has 0 aliphatic carbocycles. The predicted octanol–water partition coefficient (Wildman–Crippen LogP) is 3.93. The number of nitrogens with zero attached hydrogens (tertiary/aromatic N) is 2. The van der Waals surface area contributed by atoms with Crippen molar-refractivity contribution in [2.24, 2.45) is 5.92 Å². The number of hydrogen-bond donors (Lipinski definition) is 3. The minimum Gasteiger partial charge on any atom is -0.488 e. The van der Waals surface area contributed by atoms with Crippen LogP contribution < -0.4 is 15.4 Å². The number of aliphatic hydroxyl groups excluding tert-OH is 1. The van der Waals surface area contributed by atoms with E-state index in [9.17, 15) is 23.1 Å². The van der Waals surface area contributed by atoms with Gasteiger partial charge < -0.3 is 25.4 Å². The van der Waals surface area contributed by atoms with Crippen molar-refractivity contribution in [2.45, 2.75) is 30.2 Å². The average Bonchev–Trinajstić information content (AvgIpc) is 3.47. The van der Waals surface area contributed by atoms with Crippen LogP contribution in [0.2, 0.25) is 0 Å². The molecule has 0 unspecified atom stereocenters. The van der Waals surface area contributed by atoms with Gasteiger partial charge in [0.15, 0.2) is 0 Å². The largest absolute Gasteiger partial charge is 0.488 e. The number of benzene rings is 2. The van der Waals surface area contributed by atoms with E-state index in [-0.39, 0.29) is 47.0 Å². The quantitative estimate of drug-likeness (QED) is 0.375. The molecule has 0 spiro atoms. The summed E-state index contributed by atoms with van der Waals surface area (Å²) in [5, 5.41) is 17.0. The molecule has 0 fully saturated rings. The number of hydrogen-bond acceptors (Lipinski definition) is 7. The van der Waals surface area contributed by atoms with Gasteiger partial charge in [-0.2, -0.15) is 4.31 Å². The predicted molar refractivity (Wildman–Crippen MR) is 151 cm³/mol. The number of ether oxygens (including phenoxy) is 1. The maximum atomic E-state index is 13.6. The SMILES string of the molecule is C[C@@H]1CN([C@@H](C)CO)C(=O)c2cc(NC(=O)Nc3ccccc3)ccc2O[C@H]1CN(C)S(=O)(=O)c1cccs1. The van der Waals surface area contributed by atoms with E-state index >= 15 is 0 Å². The number of amides is 3. The van der Waals surface area contributed by atoms with Crippen molar-refractivity contribution in [1.82, 2.24) is 9.21 Å². The number of likely N-dealkylation sites (N-methyl/N-ethyl adjacent to an activating group) is 1. The van der Waals surface area contributed by atoms with Crippen molar-refractivity contribution >= 4 is 44.7 Å². The first-order valence-corrected chi connectivity index (χ1v) is 14.8. The Kier molecular flexibility index (Phi) is 8.90. The number of fused-ring (bicyclic) bond motifs is 1. The summed E-state index contributed by atoms with van der Waals surface area (Å²) in [4.78, 5) is 27.7. The summed E-state index contributed by atoms with van der Waals surface area (Å²) in [7, 11) is -2.21. The molecule has 0 radical (unpaired) electrons. The normalized spacial score (nSPS) is 18.5. The average molecular weight is 573 g/mol. The molecule has 1 aliphatic heterocycles. The Morgan fingerprint density at radius 2 is 1.87 bits per heavy atom. The van der Waals surface area contributed by atoms with E-state index in [0.29, 0.717) is 11.4 Å². The van der Waals surface area contributed by atoms with Gasteiger partial charge in [0, 0.05) is 30.9 Å². The Bertz CT molecular complexity index is 1400. The standard InChI is InChI=1S/C27H32N4O6S2/c1-18-15-31(19(2)17-32)26(33)22-14-21(29-27(34)28-20-8-5-4-6-9-20)11-12-23(22)37-24(18)16-30(3)39(35,36)25-10-7-13-38-25/h4-14,18-19,24,32H,15-17H2,1-3H3,(H2,28,29,34)/t18-,19+,24+/m1/s1. The molecule has 0 bridgehead atoms. The molecular formula is C27H32N4O6S2. The maximum absolute atomic E-state index is 13.6. The minimum atomic E-state index is -3.71. The fourth-order valence-electron chi connectivity index (χ4n) is 4.25. The number of nitrogens with one attached hydrogen (secondary N) is 2. The lowest BCUT2D eigenvalue weighted by molar-refractivity contribution is 0.0387. The van der Waals surface area contributed by atoms with Gasteiger partial charge in [0.25, 0.3) is 15.9 Å². The zero-order valence-electron chi connectivity index (χ0n) is 21.9. The topological polar surface area (TPSA) is 128 Å². The molecule has 0 saturated carbocycles. The van der Waals surface area contributed by atoms with Gasteiger partial charge in [0.1, 0.15) is 16.1 Å². The van der Waals surface area contributed by atoms with E-state index in [1.807, 2.05) is 13.0 Å². The number of para-hydroxylation sites is 1. The Morgan fingerprint density at radius 1 is 1.15 bits per heavy atom. The maximum Gasteiger partial charge on any atom is 0.323 e. The molecule has 208 valence electrons. The van der Waals surface area contributed by atoms with E-state index in [1.165, 1.54) is 17.4 Å². The first-order chi connectivity index (χ1) is 18.6. The molecule has 4 rings (SSSR count). The zero-order chi connectivity index (χ0) is 28.2. The van der Waals surface area contributed by atoms with Crippen LogP contribution in [0.1, 0.15) is 24.2 Å².